The third kappa shape index (κ3) is 2.70. The maximum Gasteiger partial charge on any atom is 0.0612 e. The molecular formula is C12H11Cl2NS. The Bertz CT molecular complexity index is 468. The van der Waals surface area contributed by atoms with Crippen LogP contribution in [0.25, 0.3) is 0 Å². The zero-order valence-electron chi connectivity index (χ0n) is 8.71. The summed E-state index contributed by atoms with van der Waals surface area (Å²) in [6.45, 7) is 2.12. The molecule has 0 aliphatic carbocycles. The summed E-state index contributed by atoms with van der Waals surface area (Å²) in [6, 6.07) is 7.94. The number of halogens is 2. The van der Waals surface area contributed by atoms with Gasteiger partial charge in [0.15, 0.2) is 0 Å². The minimum Gasteiger partial charge on any atom is -0.378 e. The highest BCUT2D eigenvalue weighted by molar-refractivity contribution is 7.08. The Kier molecular flexibility index (Phi) is 3.74. The van der Waals surface area contributed by atoms with Gasteiger partial charge in [-0.05, 0) is 47.5 Å². The molecule has 1 N–H and O–H groups in total. The van der Waals surface area contributed by atoms with Crippen LogP contribution in [-0.4, -0.2) is 0 Å². The van der Waals surface area contributed by atoms with E-state index in [-0.39, 0.29) is 6.04 Å². The lowest BCUT2D eigenvalue weighted by Crippen LogP contribution is -2.05. The van der Waals surface area contributed by atoms with E-state index in [4.69, 9.17) is 23.2 Å². The Hall–Kier alpha value is -0.700. The largest absolute Gasteiger partial charge is 0.378 e. The molecule has 0 aliphatic heterocycles. The molecule has 84 valence electrons. The molecule has 0 amide bonds. The van der Waals surface area contributed by atoms with Crippen molar-refractivity contribution in [1.29, 1.82) is 0 Å². The minimum atomic E-state index is 0.267. The van der Waals surface area contributed by atoms with E-state index in [0.717, 1.165) is 5.69 Å². The van der Waals surface area contributed by atoms with E-state index in [1.165, 1.54) is 5.56 Å². The summed E-state index contributed by atoms with van der Waals surface area (Å²) < 4.78 is 0. The molecule has 0 spiro atoms. The van der Waals surface area contributed by atoms with Crippen molar-refractivity contribution in [3.63, 3.8) is 0 Å². The summed E-state index contributed by atoms with van der Waals surface area (Å²) in [6.07, 6.45) is 0. The van der Waals surface area contributed by atoms with Gasteiger partial charge in [-0.2, -0.15) is 11.3 Å². The Balaban J connectivity index is 2.12. The zero-order valence-corrected chi connectivity index (χ0v) is 11.0. The number of nitrogens with one attached hydrogen (secondary N) is 1. The summed E-state index contributed by atoms with van der Waals surface area (Å²) >= 11 is 13.5. The topological polar surface area (TPSA) is 12.0 Å². The van der Waals surface area contributed by atoms with Crippen molar-refractivity contribution in [1.82, 2.24) is 0 Å². The maximum atomic E-state index is 5.95. The van der Waals surface area contributed by atoms with E-state index in [1.807, 2.05) is 12.1 Å². The summed E-state index contributed by atoms with van der Waals surface area (Å²) in [5.74, 6) is 0. The molecule has 0 aliphatic rings. The van der Waals surface area contributed by atoms with Crippen molar-refractivity contribution in [3.05, 3.63) is 50.6 Å². The Morgan fingerprint density at radius 1 is 1.19 bits per heavy atom. The lowest BCUT2D eigenvalue weighted by molar-refractivity contribution is 0.891. The minimum absolute atomic E-state index is 0.267. The predicted octanol–water partition coefficient (Wildman–Crippen LogP) is 5.23. The third-order valence-corrected chi connectivity index (χ3v) is 3.79. The molecule has 1 atom stereocenters. The first kappa shape index (κ1) is 11.8. The standard InChI is InChI=1S/C12H11Cl2NS/c1-8(9-4-5-16-7-9)15-10-2-3-11(13)12(14)6-10/h2-8,15H,1H3. The first-order valence-electron chi connectivity index (χ1n) is 4.90. The Morgan fingerprint density at radius 3 is 2.62 bits per heavy atom. The van der Waals surface area contributed by atoms with Crippen LogP contribution >= 0.6 is 34.5 Å². The number of benzene rings is 1. The van der Waals surface area contributed by atoms with Crippen LogP contribution in [0, 0.1) is 0 Å². The van der Waals surface area contributed by atoms with Crippen LogP contribution in [0.15, 0.2) is 35.0 Å². The summed E-state index contributed by atoms with van der Waals surface area (Å²) in [5, 5.41) is 8.73. The second-order valence-corrected chi connectivity index (χ2v) is 5.15. The smallest absolute Gasteiger partial charge is 0.0612 e. The molecule has 2 rings (SSSR count). The summed E-state index contributed by atoms with van der Waals surface area (Å²) in [7, 11) is 0. The molecule has 4 heteroatoms. The highest BCUT2D eigenvalue weighted by atomic mass is 35.5. The second kappa shape index (κ2) is 5.09. The highest BCUT2D eigenvalue weighted by Gasteiger charge is 2.06. The van der Waals surface area contributed by atoms with Crippen LogP contribution in [0.2, 0.25) is 10.0 Å². The predicted molar refractivity (Wildman–Crippen MR) is 72.8 cm³/mol. The molecule has 1 heterocycles. The Labute approximate surface area is 109 Å². The molecular weight excluding hydrogens is 261 g/mol. The van der Waals surface area contributed by atoms with Crippen LogP contribution in [0.3, 0.4) is 0 Å². The molecule has 0 saturated heterocycles. The molecule has 0 fully saturated rings. The Morgan fingerprint density at radius 2 is 2.00 bits per heavy atom. The van der Waals surface area contributed by atoms with E-state index >= 15 is 0 Å². The van der Waals surface area contributed by atoms with Crippen molar-refractivity contribution in [2.45, 2.75) is 13.0 Å². The lowest BCUT2D eigenvalue weighted by atomic mass is 10.1. The van der Waals surface area contributed by atoms with Gasteiger partial charge in [-0.1, -0.05) is 23.2 Å². The van der Waals surface area contributed by atoms with Crippen molar-refractivity contribution < 1.29 is 0 Å². The highest BCUT2D eigenvalue weighted by Crippen LogP contribution is 2.27. The monoisotopic (exact) mass is 271 g/mol. The maximum absolute atomic E-state index is 5.95. The van der Waals surface area contributed by atoms with Gasteiger partial charge >= 0.3 is 0 Å². The van der Waals surface area contributed by atoms with Crippen molar-refractivity contribution in [2.75, 3.05) is 5.32 Å². The molecule has 1 aromatic carbocycles. The molecule has 1 unspecified atom stereocenters. The zero-order chi connectivity index (χ0) is 11.5. The van der Waals surface area contributed by atoms with E-state index in [9.17, 15) is 0 Å². The van der Waals surface area contributed by atoms with Crippen LogP contribution in [0.5, 0.6) is 0 Å². The molecule has 0 bridgehead atoms. The molecule has 1 nitrogen and oxygen atoms in total. The van der Waals surface area contributed by atoms with E-state index in [0.29, 0.717) is 10.0 Å². The molecule has 1 aromatic heterocycles. The van der Waals surface area contributed by atoms with E-state index in [1.54, 1.807) is 17.4 Å². The van der Waals surface area contributed by atoms with Gasteiger partial charge in [-0.15, -0.1) is 0 Å². The number of thiophene rings is 1. The lowest BCUT2D eigenvalue weighted by Gasteiger charge is -2.14. The molecule has 2 aromatic rings. The van der Waals surface area contributed by atoms with Gasteiger partial charge in [0.1, 0.15) is 0 Å². The normalized spacial score (nSPS) is 12.4. The van der Waals surface area contributed by atoms with Gasteiger partial charge in [-0.25, -0.2) is 0 Å². The SMILES string of the molecule is CC(Nc1ccc(Cl)c(Cl)c1)c1ccsc1. The number of hydrogen-bond acceptors (Lipinski definition) is 2. The van der Waals surface area contributed by atoms with Crippen molar-refractivity contribution >= 4 is 40.2 Å². The van der Waals surface area contributed by atoms with Crippen LogP contribution in [0.1, 0.15) is 18.5 Å². The fraction of sp³-hybridized carbons (Fsp3) is 0.167. The van der Waals surface area contributed by atoms with Crippen LogP contribution in [-0.2, 0) is 0 Å². The summed E-state index contributed by atoms with van der Waals surface area (Å²) in [4.78, 5) is 0. The van der Waals surface area contributed by atoms with Crippen molar-refractivity contribution in [3.8, 4) is 0 Å². The molecule has 0 saturated carbocycles. The first-order chi connectivity index (χ1) is 7.66. The number of anilines is 1. The number of hydrogen-bond donors (Lipinski definition) is 1. The van der Waals surface area contributed by atoms with E-state index in [2.05, 4.69) is 29.1 Å². The summed E-state index contributed by atoms with van der Waals surface area (Å²) in [5.41, 5.74) is 2.25. The van der Waals surface area contributed by atoms with Gasteiger partial charge in [0, 0.05) is 11.7 Å². The second-order valence-electron chi connectivity index (χ2n) is 3.55. The van der Waals surface area contributed by atoms with Gasteiger partial charge in [0.2, 0.25) is 0 Å². The number of rotatable bonds is 3. The van der Waals surface area contributed by atoms with Gasteiger partial charge in [0.05, 0.1) is 10.0 Å². The quantitative estimate of drug-likeness (QED) is 0.806. The van der Waals surface area contributed by atoms with Crippen LogP contribution < -0.4 is 5.32 Å². The fourth-order valence-corrected chi connectivity index (χ4v) is 2.49. The van der Waals surface area contributed by atoms with Gasteiger partial charge in [0.25, 0.3) is 0 Å². The molecule has 16 heavy (non-hydrogen) atoms. The first-order valence-corrected chi connectivity index (χ1v) is 6.60. The van der Waals surface area contributed by atoms with Crippen molar-refractivity contribution in [2.24, 2.45) is 0 Å². The third-order valence-electron chi connectivity index (χ3n) is 2.35. The van der Waals surface area contributed by atoms with Gasteiger partial charge < -0.3 is 5.32 Å². The fourth-order valence-electron chi connectivity index (χ4n) is 1.44. The average molecular weight is 272 g/mol. The van der Waals surface area contributed by atoms with Gasteiger partial charge in [-0.3, -0.25) is 0 Å². The molecule has 0 radical (unpaired) electrons. The van der Waals surface area contributed by atoms with E-state index < -0.39 is 0 Å². The average Bonchev–Trinajstić information content (AvgIpc) is 2.77. The van der Waals surface area contributed by atoms with Crippen LogP contribution in [0.4, 0.5) is 5.69 Å².